The number of hydrogen-bond acceptors (Lipinski definition) is 5. The van der Waals surface area contributed by atoms with Gasteiger partial charge in [0.25, 0.3) is 10.0 Å². The summed E-state index contributed by atoms with van der Waals surface area (Å²) in [6, 6.07) is -0.155. The summed E-state index contributed by atoms with van der Waals surface area (Å²) in [5.41, 5.74) is 5.61. The monoisotopic (exact) mass is 287 g/mol. The lowest BCUT2D eigenvalue weighted by Gasteiger charge is -2.21. The van der Waals surface area contributed by atoms with Gasteiger partial charge in [-0.05, 0) is 32.9 Å². The van der Waals surface area contributed by atoms with Crippen LogP contribution in [0.4, 0.5) is 5.82 Å². The fourth-order valence-corrected chi connectivity index (χ4v) is 3.95. The summed E-state index contributed by atoms with van der Waals surface area (Å²) in [6.45, 7) is 4.67. The van der Waals surface area contributed by atoms with Crippen molar-refractivity contribution in [2.45, 2.75) is 30.8 Å². The molecule has 108 valence electrons. The van der Waals surface area contributed by atoms with Gasteiger partial charge in [-0.2, -0.15) is 0 Å². The van der Waals surface area contributed by atoms with E-state index in [-0.39, 0.29) is 16.9 Å². The number of nitrogen functional groups attached to an aromatic ring is 1. The molecule has 8 heteroatoms. The molecule has 1 atom stereocenters. The number of nitrogens with zero attached hydrogens (tertiary/aromatic N) is 3. The molecule has 0 saturated carbocycles. The number of sulfonamides is 1. The average molecular weight is 287 g/mol. The van der Waals surface area contributed by atoms with Crippen LogP contribution in [-0.2, 0) is 17.1 Å². The lowest BCUT2D eigenvalue weighted by Crippen LogP contribution is -2.41. The highest BCUT2D eigenvalue weighted by Gasteiger charge is 2.25. The molecule has 3 N–H and O–H groups in total. The molecule has 1 aromatic rings. The molecule has 1 aromatic heterocycles. The van der Waals surface area contributed by atoms with Gasteiger partial charge in [-0.15, -0.1) is 0 Å². The van der Waals surface area contributed by atoms with Gasteiger partial charge in [0.1, 0.15) is 0 Å². The number of aryl methyl sites for hydroxylation is 1. The summed E-state index contributed by atoms with van der Waals surface area (Å²) in [5, 5.41) is 0.0285. The van der Waals surface area contributed by atoms with Crippen LogP contribution in [0.1, 0.15) is 19.8 Å². The third kappa shape index (κ3) is 3.26. The smallest absolute Gasteiger partial charge is 0.260 e. The number of hydrogen-bond donors (Lipinski definition) is 2. The molecule has 1 aliphatic rings. The van der Waals surface area contributed by atoms with E-state index >= 15 is 0 Å². The Morgan fingerprint density at radius 3 is 2.63 bits per heavy atom. The van der Waals surface area contributed by atoms with Crippen molar-refractivity contribution in [1.29, 1.82) is 0 Å². The van der Waals surface area contributed by atoms with Crippen LogP contribution in [0.5, 0.6) is 0 Å². The van der Waals surface area contributed by atoms with Crippen LogP contribution in [0.3, 0.4) is 0 Å². The summed E-state index contributed by atoms with van der Waals surface area (Å²) in [6.07, 6.45) is 3.78. The van der Waals surface area contributed by atoms with E-state index < -0.39 is 10.0 Å². The fourth-order valence-electron chi connectivity index (χ4n) is 2.47. The lowest BCUT2D eigenvalue weighted by atomic mass is 10.3. The topological polar surface area (TPSA) is 93.2 Å². The van der Waals surface area contributed by atoms with Crippen LogP contribution < -0.4 is 10.5 Å². The van der Waals surface area contributed by atoms with E-state index in [1.54, 1.807) is 7.05 Å². The maximum Gasteiger partial charge on any atom is 0.260 e. The minimum absolute atomic E-state index is 0.0285. The molecular weight excluding hydrogens is 266 g/mol. The van der Waals surface area contributed by atoms with Gasteiger partial charge in [-0.25, -0.2) is 18.1 Å². The molecule has 0 bridgehead atoms. The Morgan fingerprint density at radius 1 is 1.47 bits per heavy atom. The Morgan fingerprint density at radius 2 is 2.11 bits per heavy atom. The summed E-state index contributed by atoms with van der Waals surface area (Å²) in [7, 11) is -2.01. The predicted molar refractivity (Wildman–Crippen MR) is 73.1 cm³/mol. The molecule has 2 rings (SSSR count). The standard InChI is InChI=1S/C11H21N5O2S/c1-9(7-16-5-3-4-6-16)14-19(17,18)11-10(12)13-8-15(11)2/h8-9,14H,3-7,12H2,1-2H3. The minimum atomic E-state index is -3.62. The van der Waals surface area contributed by atoms with Gasteiger partial charge in [0.05, 0.1) is 6.33 Å². The van der Waals surface area contributed by atoms with Crippen LogP contribution >= 0.6 is 0 Å². The molecular formula is C11H21N5O2S. The number of rotatable bonds is 5. The van der Waals surface area contributed by atoms with Crippen LogP contribution in [0.15, 0.2) is 11.4 Å². The Balaban J connectivity index is 2.04. The molecule has 0 amide bonds. The van der Waals surface area contributed by atoms with Crippen LogP contribution in [0, 0.1) is 0 Å². The van der Waals surface area contributed by atoms with E-state index in [9.17, 15) is 8.42 Å². The fraction of sp³-hybridized carbons (Fsp3) is 0.727. The number of likely N-dealkylation sites (tertiary alicyclic amines) is 1. The van der Waals surface area contributed by atoms with Gasteiger partial charge in [-0.1, -0.05) is 0 Å². The van der Waals surface area contributed by atoms with Crippen molar-refractivity contribution in [3.05, 3.63) is 6.33 Å². The number of aromatic nitrogens is 2. The highest BCUT2D eigenvalue weighted by atomic mass is 32.2. The second-order valence-corrected chi connectivity index (χ2v) is 6.71. The molecule has 0 aliphatic carbocycles. The predicted octanol–water partition coefficient (Wildman–Crippen LogP) is -0.235. The summed E-state index contributed by atoms with van der Waals surface area (Å²) < 4.78 is 28.6. The highest BCUT2D eigenvalue weighted by molar-refractivity contribution is 7.89. The molecule has 19 heavy (non-hydrogen) atoms. The third-order valence-electron chi connectivity index (χ3n) is 3.25. The second-order valence-electron chi connectivity index (χ2n) is 5.08. The van der Waals surface area contributed by atoms with Crippen molar-refractivity contribution in [1.82, 2.24) is 19.2 Å². The second kappa shape index (κ2) is 5.48. The molecule has 1 aliphatic heterocycles. The van der Waals surface area contributed by atoms with Crippen LogP contribution in [0.25, 0.3) is 0 Å². The van der Waals surface area contributed by atoms with E-state index in [4.69, 9.17) is 5.73 Å². The van der Waals surface area contributed by atoms with E-state index in [2.05, 4.69) is 14.6 Å². The number of nitrogens with two attached hydrogens (primary N) is 1. The van der Waals surface area contributed by atoms with Crippen LogP contribution in [-0.4, -0.2) is 48.5 Å². The zero-order valence-corrected chi connectivity index (χ0v) is 12.2. The van der Waals surface area contributed by atoms with Crippen molar-refractivity contribution in [3.63, 3.8) is 0 Å². The largest absolute Gasteiger partial charge is 0.381 e. The molecule has 0 radical (unpaired) electrons. The molecule has 7 nitrogen and oxygen atoms in total. The summed E-state index contributed by atoms with van der Waals surface area (Å²) in [4.78, 5) is 6.07. The van der Waals surface area contributed by atoms with Gasteiger partial charge >= 0.3 is 0 Å². The van der Waals surface area contributed by atoms with Crippen molar-refractivity contribution >= 4 is 15.8 Å². The number of imidazole rings is 1. The quantitative estimate of drug-likeness (QED) is 0.780. The maximum atomic E-state index is 12.2. The molecule has 2 heterocycles. The summed E-state index contributed by atoms with van der Waals surface area (Å²) in [5.74, 6) is 0.0309. The first-order chi connectivity index (χ1) is 8.90. The lowest BCUT2D eigenvalue weighted by molar-refractivity contribution is 0.312. The van der Waals surface area contributed by atoms with Crippen molar-refractivity contribution in [3.8, 4) is 0 Å². The van der Waals surface area contributed by atoms with Gasteiger partial charge < -0.3 is 15.2 Å². The number of nitrogens with one attached hydrogen (secondary N) is 1. The van der Waals surface area contributed by atoms with Gasteiger partial charge in [0.2, 0.25) is 0 Å². The van der Waals surface area contributed by atoms with Gasteiger partial charge in [-0.3, -0.25) is 0 Å². The molecule has 1 unspecified atom stereocenters. The van der Waals surface area contributed by atoms with E-state index in [1.165, 1.54) is 23.7 Å². The Hall–Kier alpha value is -1.12. The third-order valence-corrected chi connectivity index (χ3v) is 4.97. The molecule has 0 spiro atoms. The zero-order valence-electron chi connectivity index (χ0n) is 11.3. The Kier molecular flexibility index (Phi) is 4.12. The Labute approximate surface area is 113 Å². The normalized spacial score (nSPS) is 18.8. The van der Waals surface area contributed by atoms with Crippen molar-refractivity contribution in [2.75, 3.05) is 25.4 Å². The van der Waals surface area contributed by atoms with Gasteiger partial charge in [0, 0.05) is 19.6 Å². The molecule has 1 saturated heterocycles. The van der Waals surface area contributed by atoms with E-state index in [1.807, 2.05) is 6.92 Å². The van der Waals surface area contributed by atoms with Crippen molar-refractivity contribution in [2.24, 2.45) is 7.05 Å². The molecule has 0 aromatic carbocycles. The van der Waals surface area contributed by atoms with Crippen molar-refractivity contribution < 1.29 is 8.42 Å². The van der Waals surface area contributed by atoms with Crippen LogP contribution in [0.2, 0.25) is 0 Å². The first kappa shape index (κ1) is 14.3. The SMILES string of the molecule is CC(CN1CCCC1)NS(=O)(=O)c1c(N)ncn1C. The van der Waals surface area contributed by atoms with Gasteiger partial charge in [0.15, 0.2) is 10.8 Å². The minimum Gasteiger partial charge on any atom is -0.381 e. The average Bonchev–Trinajstić information content (AvgIpc) is 2.88. The first-order valence-corrected chi connectivity index (χ1v) is 7.90. The van der Waals surface area contributed by atoms with E-state index in [0.29, 0.717) is 0 Å². The zero-order chi connectivity index (χ0) is 14.0. The molecule has 1 fully saturated rings. The Bertz CT molecular complexity index is 514. The first-order valence-electron chi connectivity index (χ1n) is 6.41. The maximum absolute atomic E-state index is 12.2. The number of anilines is 1. The van der Waals surface area contributed by atoms with E-state index in [0.717, 1.165) is 19.6 Å². The highest BCUT2D eigenvalue weighted by Crippen LogP contribution is 2.16. The summed E-state index contributed by atoms with van der Waals surface area (Å²) >= 11 is 0.